The monoisotopic (exact) mass is 424 g/mol. The molecule has 0 spiro atoms. The van der Waals surface area contributed by atoms with Crippen molar-refractivity contribution < 1.29 is 9.21 Å². The van der Waals surface area contributed by atoms with Crippen LogP contribution in [0.1, 0.15) is 30.7 Å². The molecular formula is C23H25ClN4O2. The Morgan fingerprint density at radius 2 is 1.73 bits per heavy atom. The first kappa shape index (κ1) is 20.4. The molecule has 0 unspecified atom stereocenters. The number of carbonyl (C=O) groups excluding carboxylic acids is 1. The highest BCUT2D eigenvalue weighted by atomic mass is 35.5. The van der Waals surface area contributed by atoms with Gasteiger partial charge in [-0.25, -0.2) is 0 Å². The Labute approximate surface area is 181 Å². The van der Waals surface area contributed by atoms with E-state index in [1.807, 2.05) is 53.1 Å². The molecule has 0 bridgehead atoms. The van der Waals surface area contributed by atoms with E-state index in [1.165, 1.54) is 12.0 Å². The smallest absolute Gasteiger partial charge is 0.247 e. The van der Waals surface area contributed by atoms with Crippen LogP contribution in [-0.2, 0) is 11.3 Å². The maximum Gasteiger partial charge on any atom is 0.247 e. The highest BCUT2D eigenvalue weighted by molar-refractivity contribution is 6.30. The quantitative estimate of drug-likeness (QED) is 0.573. The van der Waals surface area contributed by atoms with Gasteiger partial charge in [-0.3, -0.25) is 4.79 Å². The van der Waals surface area contributed by atoms with Crippen molar-refractivity contribution >= 4 is 23.2 Å². The van der Waals surface area contributed by atoms with Crippen LogP contribution >= 0.6 is 11.6 Å². The van der Waals surface area contributed by atoms with Crippen LogP contribution in [0, 0.1) is 6.92 Å². The first-order valence-corrected chi connectivity index (χ1v) is 10.6. The summed E-state index contributed by atoms with van der Waals surface area (Å²) in [5.41, 5.74) is 2.94. The SMILES string of the molecule is Cc1ccc(N(CC(=O)N2CCCCC2)Cc2nnc(-c3ccc(Cl)cc3)o2)cc1. The van der Waals surface area contributed by atoms with E-state index in [-0.39, 0.29) is 12.5 Å². The van der Waals surface area contributed by atoms with Crippen molar-refractivity contribution in [2.75, 3.05) is 24.5 Å². The number of hydrogen-bond donors (Lipinski definition) is 0. The summed E-state index contributed by atoms with van der Waals surface area (Å²) in [6, 6.07) is 15.4. The number of hydrogen-bond acceptors (Lipinski definition) is 5. The normalized spacial score (nSPS) is 14.0. The summed E-state index contributed by atoms with van der Waals surface area (Å²) >= 11 is 5.96. The third-order valence-electron chi connectivity index (χ3n) is 5.32. The Bertz CT molecular complexity index is 979. The molecule has 6 nitrogen and oxygen atoms in total. The lowest BCUT2D eigenvalue weighted by molar-refractivity contribution is -0.130. The third kappa shape index (κ3) is 5.00. The number of aryl methyl sites for hydroxylation is 1. The molecule has 0 saturated carbocycles. The van der Waals surface area contributed by atoms with Crippen molar-refractivity contribution in [2.24, 2.45) is 0 Å². The third-order valence-corrected chi connectivity index (χ3v) is 5.57. The minimum Gasteiger partial charge on any atom is -0.419 e. The van der Waals surface area contributed by atoms with E-state index in [1.54, 1.807) is 12.1 Å². The zero-order valence-corrected chi connectivity index (χ0v) is 17.8. The molecule has 156 valence electrons. The van der Waals surface area contributed by atoms with Crippen molar-refractivity contribution in [2.45, 2.75) is 32.7 Å². The van der Waals surface area contributed by atoms with Gasteiger partial charge in [0.05, 0.1) is 13.1 Å². The minimum absolute atomic E-state index is 0.132. The molecule has 3 aromatic rings. The molecule has 1 amide bonds. The van der Waals surface area contributed by atoms with Gasteiger partial charge in [0.2, 0.25) is 17.7 Å². The number of anilines is 1. The van der Waals surface area contributed by atoms with E-state index in [0.717, 1.165) is 37.2 Å². The van der Waals surface area contributed by atoms with Gasteiger partial charge in [-0.1, -0.05) is 29.3 Å². The lowest BCUT2D eigenvalue weighted by Gasteiger charge is -2.30. The van der Waals surface area contributed by atoms with E-state index in [9.17, 15) is 4.79 Å². The number of piperidine rings is 1. The first-order chi connectivity index (χ1) is 14.6. The van der Waals surface area contributed by atoms with Crippen LogP contribution in [0.5, 0.6) is 0 Å². The van der Waals surface area contributed by atoms with Crippen LogP contribution in [0.4, 0.5) is 5.69 Å². The fourth-order valence-corrected chi connectivity index (χ4v) is 3.72. The molecule has 2 aromatic carbocycles. The van der Waals surface area contributed by atoms with E-state index in [2.05, 4.69) is 10.2 Å². The molecule has 0 atom stereocenters. The van der Waals surface area contributed by atoms with E-state index in [0.29, 0.717) is 23.3 Å². The van der Waals surface area contributed by atoms with Gasteiger partial charge in [0.25, 0.3) is 0 Å². The van der Waals surface area contributed by atoms with Gasteiger partial charge in [0, 0.05) is 29.4 Å². The Morgan fingerprint density at radius 3 is 2.43 bits per heavy atom. The van der Waals surface area contributed by atoms with Gasteiger partial charge < -0.3 is 14.2 Å². The van der Waals surface area contributed by atoms with Crippen LogP contribution < -0.4 is 4.90 Å². The maximum atomic E-state index is 12.9. The Balaban J connectivity index is 1.53. The second-order valence-corrected chi connectivity index (χ2v) is 8.08. The summed E-state index contributed by atoms with van der Waals surface area (Å²) in [4.78, 5) is 16.9. The number of rotatable bonds is 6. The summed E-state index contributed by atoms with van der Waals surface area (Å²) in [5, 5.41) is 9.02. The predicted octanol–water partition coefficient (Wildman–Crippen LogP) is 4.72. The number of nitrogens with zero attached hydrogens (tertiary/aromatic N) is 4. The molecular weight excluding hydrogens is 400 g/mol. The minimum atomic E-state index is 0.132. The molecule has 0 N–H and O–H groups in total. The average molecular weight is 425 g/mol. The number of carbonyl (C=O) groups is 1. The highest BCUT2D eigenvalue weighted by Gasteiger charge is 2.21. The summed E-state index contributed by atoms with van der Waals surface area (Å²) in [5.74, 6) is 1.03. The summed E-state index contributed by atoms with van der Waals surface area (Å²) in [7, 11) is 0. The van der Waals surface area contributed by atoms with E-state index in [4.69, 9.17) is 16.0 Å². The van der Waals surface area contributed by atoms with Crippen LogP contribution in [0.3, 0.4) is 0 Å². The Morgan fingerprint density at radius 1 is 1.03 bits per heavy atom. The molecule has 1 saturated heterocycles. The highest BCUT2D eigenvalue weighted by Crippen LogP contribution is 2.23. The van der Waals surface area contributed by atoms with Crippen LogP contribution in [0.2, 0.25) is 5.02 Å². The molecule has 1 aliphatic rings. The number of amides is 1. The first-order valence-electron chi connectivity index (χ1n) is 10.3. The molecule has 4 rings (SSSR count). The topological polar surface area (TPSA) is 62.5 Å². The van der Waals surface area contributed by atoms with E-state index >= 15 is 0 Å². The standard InChI is InChI=1S/C23H25ClN4O2/c1-17-5-11-20(12-6-17)28(16-22(29)27-13-3-2-4-14-27)15-21-25-26-23(30-21)18-7-9-19(24)10-8-18/h5-12H,2-4,13-16H2,1H3. The largest absolute Gasteiger partial charge is 0.419 e. The fraction of sp³-hybridized carbons (Fsp3) is 0.348. The van der Waals surface area contributed by atoms with Gasteiger partial charge in [-0.05, 0) is 62.6 Å². The van der Waals surface area contributed by atoms with E-state index < -0.39 is 0 Å². The number of aromatic nitrogens is 2. The molecule has 2 heterocycles. The molecule has 1 fully saturated rings. The predicted molar refractivity (Wildman–Crippen MR) is 117 cm³/mol. The van der Waals surface area contributed by atoms with Crippen LogP contribution in [0.25, 0.3) is 11.5 Å². The molecule has 0 radical (unpaired) electrons. The second kappa shape index (κ2) is 9.30. The van der Waals surface area contributed by atoms with Crippen LogP contribution in [-0.4, -0.2) is 40.6 Å². The second-order valence-electron chi connectivity index (χ2n) is 7.64. The number of likely N-dealkylation sites (tertiary alicyclic amines) is 1. The van der Waals surface area contributed by atoms with Crippen molar-refractivity contribution in [3.8, 4) is 11.5 Å². The van der Waals surface area contributed by atoms with Gasteiger partial charge in [-0.2, -0.15) is 0 Å². The molecule has 1 aromatic heterocycles. The summed E-state index contributed by atoms with van der Waals surface area (Å²) < 4.78 is 5.88. The van der Waals surface area contributed by atoms with Crippen LogP contribution in [0.15, 0.2) is 52.9 Å². The summed E-state index contributed by atoms with van der Waals surface area (Å²) in [6.45, 7) is 4.36. The lowest BCUT2D eigenvalue weighted by Crippen LogP contribution is -2.42. The molecule has 1 aliphatic heterocycles. The number of halogens is 1. The van der Waals surface area contributed by atoms with Gasteiger partial charge in [0.1, 0.15) is 0 Å². The molecule has 0 aliphatic carbocycles. The molecule has 7 heteroatoms. The average Bonchev–Trinajstić information content (AvgIpc) is 3.23. The van der Waals surface area contributed by atoms with Crippen molar-refractivity contribution in [3.05, 3.63) is 65.0 Å². The Kier molecular flexibility index (Phi) is 6.33. The lowest BCUT2D eigenvalue weighted by atomic mass is 10.1. The van der Waals surface area contributed by atoms with Crippen molar-refractivity contribution in [1.29, 1.82) is 0 Å². The number of benzene rings is 2. The van der Waals surface area contributed by atoms with Gasteiger partial charge >= 0.3 is 0 Å². The zero-order valence-electron chi connectivity index (χ0n) is 17.1. The van der Waals surface area contributed by atoms with Gasteiger partial charge in [0.15, 0.2) is 0 Å². The zero-order chi connectivity index (χ0) is 20.9. The van der Waals surface area contributed by atoms with Crippen molar-refractivity contribution in [3.63, 3.8) is 0 Å². The maximum absolute atomic E-state index is 12.9. The fourth-order valence-electron chi connectivity index (χ4n) is 3.59. The molecule has 30 heavy (non-hydrogen) atoms. The Hall–Kier alpha value is -2.86. The van der Waals surface area contributed by atoms with Crippen molar-refractivity contribution in [1.82, 2.24) is 15.1 Å². The van der Waals surface area contributed by atoms with Gasteiger partial charge in [-0.15, -0.1) is 10.2 Å². The summed E-state index contributed by atoms with van der Waals surface area (Å²) in [6.07, 6.45) is 3.34.